The van der Waals surface area contributed by atoms with E-state index in [1.807, 2.05) is 6.92 Å². The largest absolute Gasteiger partial charge is 0.352 e. The minimum absolute atomic E-state index is 0.157. The molecule has 29 heavy (non-hydrogen) atoms. The van der Waals surface area contributed by atoms with Crippen LogP contribution in [-0.4, -0.2) is 43.9 Å². The van der Waals surface area contributed by atoms with Gasteiger partial charge in [-0.1, -0.05) is 37.3 Å². The number of benzene rings is 2. The van der Waals surface area contributed by atoms with Crippen molar-refractivity contribution in [1.29, 1.82) is 0 Å². The number of amides is 2. The first kappa shape index (κ1) is 22.5. The molecule has 156 valence electrons. The topological polar surface area (TPSA) is 95.6 Å². The van der Waals surface area contributed by atoms with E-state index in [1.165, 1.54) is 18.2 Å². The SMILES string of the molecule is CCCNC(=O)c1ccccc1NC(=O)CN(Cc1ccccc1F)S(C)(=O)=O. The molecular weight excluding hydrogens is 397 g/mol. The summed E-state index contributed by atoms with van der Waals surface area (Å²) in [6.45, 7) is 1.62. The fraction of sp³-hybridized carbons (Fsp3) is 0.300. The summed E-state index contributed by atoms with van der Waals surface area (Å²) in [7, 11) is -3.78. The number of hydrogen-bond acceptors (Lipinski definition) is 4. The lowest BCUT2D eigenvalue weighted by atomic mass is 10.1. The van der Waals surface area contributed by atoms with Crippen molar-refractivity contribution in [3.05, 3.63) is 65.5 Å². The number of halogens is 1. The summed E-state index contributed by atoms with van der Waals surface area (Å²) in [5, 5.41) is 5.30. The molecule has 0 atom stereocenters. The van der Waals surface area contributed by atoms with Crippen LogP contribution in [0.1, 0.15) is 29.3 Å². The van der Waals surface area contributed by atoms with Crippen LogP contribution >= 0.6 is 0 Å². The molecule has 2 rings (SSSR count). The van der Waals surface area contributed by atoms with Gasteiger partial charge in [-0.25, -0.2) is 12.8 Å². The monoisotopic (exact) mass is 421 g/mol. The average Bonchev–Trinajstić information content (AvgIpc) is 2.67. The van der Waals surface area contributed by atoms with E-state index in [9.17, 15) is 22.4 Å². The number of carbonyl (C=O) groups excluding carboxylic acids is 2. The fourth-order valence-electron chi connectivity index (χ4n) is 2.58. The summed E-state index contributed by atoms with van der Waals surface area (Å²) in [5.74, 6) is -1.53. The van der Waals surface area contributed by atoms with Crippen LogP contribution < -0.4 is 10.6 Å². The molecule has 2 aromatic rings. The molecule has 0 unspecified atom stereocenters. The van der Waals surface area contributed by atoms with E-state index in [1.54, 1.807) is 30.3 Å². The Kier molecular flexibility index (Phi) is 7.86. The smallest absolute Gasteiger partial charge is 0.253 e. The summed E-state index contributed by atoms with van der Waals surface area (Å²) in [6, 6.07) is 12.2. The number of rotatable bonds is 9. The van der Waals surface area contributed by atoms with Crippen molar-refractivity contribution in [1.82, 2.24) is 9.62 Å². The molecule has 0 bridgehead atoms. The molecule has 2 amide bonds. The van der Waals surface area contributed by atoms with Crippen LogP contribution in [0.5, 0.6) is 0 Å². The number of nitrogens with one attached hydrogen (secondary N) is 2. The highest BCUT2D eigenvalue weighted by Gasteiger charge is 2.22. The van der Waals surface area contributed by atoms with Crippen molar-refractivity contribution in [3.8, 4) is 0 Å². The lowest BCUT2D eigenvalue weighted by molar-refractivity contribution is -0.116. The molecule has 9 heteroatoms. The van der Waals surface area contributed by atoms with Gasteiger partial charge in [0, 0.05) is 18.7 Å². The first-order valence-corrected chi connectivity index (χ1v) is 10.9. The third kappa shape index (κ3) is 6.65. The summed E-state index contributed by atoms with van der Waals surface area (Å²) in [6.07, 6.45) is 1.72. The Bertz CT molecular complexity index is 979. The third-order valence-electron chi connectivity index (χ3n) is 4.07. The van der Waals surface area contributed by atoms with Crippen LogP contribution in [0.4, 0.5) is 10.1 Å². The van der Waals surface area contributed by atoms with Crippen LogP contribution in [0.2, 0.25) is 0 Å². The molecule has 2 N–H and O–H groups in total. The molecule has 2 aromatic carbocycles. The number of para-hydroxylation sites is 1. The van der Waals surface area contributed by atoms with Gasteiger partial charge in [-0.15, -0.1) is 0 Å². The van der Waals surface area contributed by atoms with Crippen molar-refractivity contribution >= 4 is 27.5 Å². The van der Waals surface area contributed by atoms with E-state index in [2.05, 4.69) is 10.6 Å². The molecule has 0 aliphatic carbocycles. The second-order valence-corrected chi connectivity index (χ2v) is 8.45. The highest BCUT2D eigenvalue weighted by molar-refractivity contribution is 7.88. The molecular formula is C20H24FN3O4S. The highest BCUT2D eigenvalue weighted by Crippen LogP contribution is 2.16. The molecule has 0 radical (unpaired) electrons. The lowest BCUT2D eigenvalue weighted by Gasteiger charge is -2.20. The number of hydrogen-bond donors (Lipinski definition) is 2. The number of carbonyl (C=O) groups is 2. The first-order valence-electron chi connectivity index (χ1n) is 9.08. The third-order valence-corrected chi connectivity index (χ3v) is 5.27. The number of anilines is 1. The van der Waals surface area contributed by atoms with Crippen molar-refractivity contribution < 1.29 is 22.4 Å². The Morgan fingerprint density at radius 2 is 1.72 bits per heavy atom. The molecule has 7 nitrogen and oxygen atoms in total. The van der Waals surface area contributed by atoms with E-state index >= 15 is 0 Å². The Balaban J connectivity index is 2.15. The Labute approximate surface area is 170 Å². The summed E-state index contributed by atoms with van der Waals surface area (Å²) >= 11 is 0. The first-order chi connectivity index (χ1) is 13.7. The van der Waals surface area contributed by atoms with Gasteiger partial charge in [0.05, 0.1) is 24.1 Å². The van der Waals surface area contributed by atoms with Gasteiger partial charge in [0.15, 0.2) is 0 Å². The molecule has 0 aliphatic heterocycles. The van der Waals surface area contributed by atoms with E-state index in [4.69, 9.17) is 0 Å². The summed E-state index contributed by atoms with van der Waals surface area (Å²) < 4.78 is 39.0. The summed E-state index contributed by atoms with van der Waals surface area (Å²) in [5.41, 5.74) is 0.699. The van der Waals surface area contributed by atoms with Crippen molar-refractivity contribution in [3.63, 3.8) is 0 Å². The zero-order valence-electron chi connectivity index (χ0n) is 16.3. The quantitative estimate of drug-likeness (QED) is 0.650. The predicted molar refractivity (Wildman–Crippen MR) is 109 cm³/mol. The molecule has 0 saturated heterocycles. The highest BCUT2D eigenvalue weighted by atomic mass is 32.2. The van der Waals surface area contributed by atoms with Gasteiger partial charge in [-0.3, -0.25) is 9.59 Å². The summed E-state index contributed by atoms with van der Waals surface area (Å²) in [4.78, 5) is 24.7. The maximum absolute atomic E-state index is 13.9. The molecule has 0 aliphatic rings. The van der Waals surface area contributed by atoms with Gasteiger partial charge >= 0.3 is 0 Å². The number of nitrogens with zero attached hydrogens (tertiary/aromatic N) is 1. The maximum Gasteiger partial charge on any atom is 0.253 e. The average molecular weight is 421 g/mol. The second-order valence-electron chi connectivity index (χ2n) is 6.47. The Morgan fingerprint density at radius 3 is 2.38 bits per heavy atom. The van der Waals surface area contributed by atoms with Crippen LogP contribution in [-0.2, 0) is 21.4 Å². The molecule has 0 heterocycles. The van der Waals surface area contributed by atoms with Crippen molar-refractivity contribution in [2.75, 3.05) is 24.7 Å². The lowest BCUT2D eigenvalue weighted by Crippen LogP contribution is -2.37. The Hall–Kier alpha value is -2.78. The van der Waals surface area contributed by atoms with Gasteiger partial charge in [0.1, 0.15) is 5.82 Å². The molecule has 0 saturated carbocycles. The minimum atomic E-state index is -3.78. The minimum Gasteiger partial charge on any atom is -0.352 e. The van der Waals surface area contributed by atoms with Crippen LogP contribution in [0.15, 0.2) is 48.5 Å². The standard InChI is InChI=1S/C20H24FN3O4S/c1-3-12-22-20(26)16-9-5-7-11-18(16)23-19(25)14-24(29(2,27)28)13-15-8-4-6-10-17(15)21/h4-11H,3,12-14H2,1-2H3,(H,22,26)(H,23,25). The maximum atomic E-state index is 13.9. The normalized spacial score (nSPS) is 11.3. The van der Waals surface area contributed by atoms with Crippen molar-refractivity contribution in [2.45, 2.75) is 19.9 Å². The van der Waals surface area contributed by atoms with E-state index in [-0.39, 0.29) is 29.3 Å². The number of sulfonamides is 1. The fourth-order valence-corrected chi connectivity index (χ4v) is 3.31. The van der Waals surface area contributed by atoms with Gasteiger partial charge in [0.2, 0.25) is 15.9 Å². The Morgan fingerprint density at radius 1 is 1.07 bits per heavy atom. The van der Waals surface area contributed by atoms with Gasteiger partial charge < -0.3 is 10.6 Å². The van der Waals surface area contributed by atoms with E-state index < -0.39 is 28.3 Å². The molecule has 0 spiro atoms. The zero-order valence-corrected chi connectivity index (χ0v) is 17.1. The van der Waals surface area contributed by atoms with Gasteiger partial charge in [-0.05, 0) is 24.6 Å². The second kappa shape index (κ2) is 10.1. The molecule has 0 fully saturated rings. The van der Waals surface area contributed by atoms with Gasteiger partial charge in [0.25, 0.3) is 5.91 Å². The van der Waals surface area contributed by atoms with Crippen LogP contribution in [0, 0.1) is 5.82 Å². The zero-order chi connectivity index (χ0) is 21.4. The van der Waals surface area contributed by atoms with Crippen LogP contribution in [0.3, 0.4) is 0 Å². The van der Waals surface area contributed by atoms with E-state index in [0.717, 1.165) is 17.0 Å². The predicted octanol–water partition coefficient (Wildman–Crippen LogP) is 2.37. The van der Waals surface area contributed by atoms with Crippen molar-refractivity contribution in [2.24, 2.45) is 0 Å². The van der Waals surface area contributed by atoms with Gasteiger partial charge in [-0.2, -0.15) is 4.31 Å². The van der Waals surface area contributed by atoms with E-state index in [0.29, 0.717) is 6.54 Å². The van der Waals surface area contributed by atoms with Crippen LogP contribution in [0.25, 0.3) is 0 Å². The molecule has 0 aromatic heterocycles.